The maximum Gasteiger partial charge on any atom is 0.269 e. The Kier molecular flexibility index (Phi) is 6.82. The molecule has 0 saturated carbocycles. The minimum atomic E-state index is -0.427. The molecule has 0 saturated heterocycles. The van der Waals surface area contributed by atoms with E-state index >= 15 is 0 Å². The normalized spacial score (nSPS) is 9.92. The van der Waals surface area contributed by atoms with E-state index in [1.165, 1.54) is 12.1 Å². The largest absolute Gasteiger partial charge is 0.388 e. The molecule has 0 amide bonds. The van der Waals surface area contributed by atoms with E-state index in [9.17, 15) is 14.9 Å². The number of hydrogen-bond donors (Lipinski definition) is 0. The van der Waals surface area contributed by atoms with E-state index in [-0.39, 0.29) is 12.2 Å². The first-order chi connectivity index (χ1) is 12.6. The minimum absolute atomic E-state index is 0.0468. The number of nitrogens with zero attached hydrogens (tertiary/aromatic N) is 2. The van der Waals surface area contributed by atoms with Crippen LogP contribution in [0.5, 0.6) is 0 Å². The number of carbonyl (C=O) groups excluding carboxylic acids is 1. The predicted molar refractivity (Wildman–Crippen MR) is 101 cm³/mol. The highest BCUT2D eigenvalue weighted by Crippen LogP contribution is 2.29. The first-order valence-corrected chi connectivity index (χ1v) is 7.96. The van der Waals surface area contributed by atoms with Gasteiger partial charge in [0, 0.05) is 37.7 Å². The van der Waals surface area contributed by atoms with Crippen LogP contribution in [0.15, 0.2) is 66.7 Å². The highest BCUT2D eigenvalue weighted by atomic mass is 16.6. The summed E-state index contributed by atoms with van der Waals surface area (Å²) in [7, 11) is 3.25. The van der Waals surface area contributed by atoms with Crippen LogP contribution in [0.25, 0.3) is 22.5 Å². The van der Waals surface area contributed by atoms with Gasteiger partial charge in [0.15, 0.2) is 0 Å². The third kappa shape index (κ3) is 4.43. The quantitative estimate of drug-likeness (QED) is 0.392. The lowest BCUT2D eigenvalue weighted by molar-refractivity contribution is -0.384. The predicted octanol–water partition coefficient (Wildman–Crippen LogP) is 4.19. The molecule has 1 aromatic heterocycles. The van der Waals surface area contributed by atoms with Crippen molar-refractivity contribution in [1.82, 2.24) is 4.57 Å². The maximum atomic E-state index is 11.1. The fraction of sp³-hybridized carbons (Fsp3) is 0.150. The van der Waals surface area contributed by atoms with Gasteiger partial charge in [0.2, 0.25) is 0 Å². The Hall–Kier alpha value is -3.25. The van der Waals surface area contributed by atoms with Gasteiger partial charge >= 0.3 is 0 Å². The summed E-state index contributed by atoms with van der Waals surface area (Å²) in [4.78, 5) is 21.4. The first-order valence-electron chi connectivity index (χ1n) is 7.96. The van der Waals surface area contributed by atoms with E-state index in [2.05, 4.69) is 4.74 Å². The Morgan fingerprint density at radius 2 is 1.42 bits per heavy atom. The summed E-state index contributed by atoms with van der Waals surface area (Å²) in [6.45, 7) is 0.226. The zero-order chi connectivity index (χ0) is 18.9. The van der Waals surface area contributed by atoms with Gasteiger partial charge in [-0.1, -0.05) is 30.3 Å². The molecule has 26 heavy (non-hydrogen) atoms. The molecule has 0 aliphatic rings. The van der Waals surface area contributed by atoms with E-state index < -0.39 is 4.92 Å². The number of carbonyl (C=O) groups is 1. The Bertz CT molecular complexity index is 855. The number of nitro groups is 1. The molecule has 0 bridgehead atoms. The van der Waals surface area contributed by atoms with Gasteiger partial charge in [0.05, 0.1) is 11.5 Å². The number of methoxy groups -OCH3 is 1. The topological polar surface area (TPSA) is 74.4 Å². The molecule has 6 nitrogen and oxygen atoms in total. The van der Waals surface area contributed by atoms with Crippen molar-refractivity contribution < 1.29 is 14.5 Å². The third-order valence-corrected chi connectivity index (χ3v) is 3.68. The summed E-state index contributed by atoms with van der Waals surface area (Å²) >= 11 is 0. The van der Waals surface area contributed by atoms with E-state index in [4.69, 9.17) is 0 Å². The van der Waals surface area contributed by atoms with Gasteiger partial charge < -0.3 is 14.1 Å². The number of benzene rings is 2. The van der Waals surface area contributed by atoms with Crippen LogP contribution >= 0.6 is 0 Å². The lowest BCUT2D eigenvalue weighted by Gasteiger charge is -2.11. The van der Waals surface area contributed by atoms with Crippen molar-refractivity contribution in [1.29, 1.82) is 0 Å². The average Bonchev–Trinajstić information content (AvgIpc) is 3.07. The molecule has 0 unspecified atom stereocenters. The number of ether oxygens (including phenoxy) is 1. The molecule has 3 aromatic rings. The van der Waals surface area contributed by atoms with Crippen molar-refractivity contribution in [2.45, 2.75) is 6.54 Å². The fourth-order valence-corrected chi connectivity index (χ4v) is 2.61. The number of non-ortho nitro benzene ring substituents is 1. The van der Waals surface area contributed by atoms with Crippen LogP contribution < -0.4 is 0 Å². The molecule has 0 radical (unpaired) electrons. The summed E-state index contributed by atoms with van der Waals surface area (Å²) in [5.74, 6) is 0. The van der Waals surface area contributed by atoms with Crippen molar-refractivity contribution in [3.63, 3.8) is 0 Å². The molecule has 0 aliphatic heterocycles. The summed E-state index contributed by atoms with van der Waals surface area (Å²) in [6.07, 6.45) is 0.849. The fourth-order valence-electron chi connectivity index (χ4n) is 2.61. The van der Waals surface area contributed by atoms with Crippen LogP contribution in [0.3, 0.4) is 0 Å². The standard InChI is InChI=1S/C18H14N2O3.C2H6O/c21-13-12-19-17(14-4-2-1-3-5-14)10-11-18(19)15-6-8-16(9-7-15)20(22)23;1-3-2/h1-11,13H,12H2;1-2H3. The van der Waals surface area contributed by atoms with E-state index in [0.29, 0.717) is 0 Å². The van der Waals surface area contributed by atoms with Crippen LogP contribution in [-0.2, 0) is 16.1 Å². The summed E-state index contributed by atoms with van der Waals surface area (Å²) in [5.41, 5.74) is 3.68. The van der Waals surface area contributed by atoms with Crippen LogP contribution in [-0.4, -0.2) is 30.0 Å². The van der Waals surface area contributed by atoms with Gasteiger partial charge in [0.25, 0.3) is 5.69 Å². The SMILES string of the molecule is COC.O=CCn1c(-c2ccccc2)ccc1-c1ccc([N+](=O)[O-])cc1. The molecule has 6 heteroatoms. The number of nitro benzene ring substituents is 1. The van der Waals surface area contributed by atoms with Crippen LogP contribution in [0, 0.1) is 10.1 Å². The molecular formula is C20H20N2O4. The van der Waals surface area contributed by atoms with Gasteiger partial charge in [-0.3, -0.25) is 10.1 Å². The average molecular weight is 352 g/mol. The summed E-state index contributed by atoms with van der Waals surface area (Å²) < 4.78 is 6.16. The lowest BCUT2D eigenvalue weighted by Crippen LogP contribution is -2.03. The van der Waals surface area contributed by atoms with Gasteiger partial charge in [-0.25, -0.2) is 0 Å². The molecule has 0 fully saturated rings. The van der Waals surface area contributed by atoms with Crippen molar-refractivity contribution in [2.75, 3.05) is 14.2 Å². The molecule has 1 heterocycles. The van der Waals surface area contributed by atoms with E-state index in [1.54, 1.807) is 26.4 Å². The summed E-state index contributed by atoms with van der Waals surface area (Å²) in [5, 5.41) is 10.8. The van der Waals surface area contributed by atoms with Crippen LogP contribution in [0.4, 0.5) is 5.69 Å². The lowest BCUT2D eigenvalue weighted by atomic mass is 10.1. The second-order valence-electron chi connectivity index (χ2n) is 5.46. The van der Waals surface area contributed by atoms with Crippen molar-refractivity contribution >= 4 is 12.0 Å². The minimum Gasteiger partial charge on any atom is -0.388 e. The van der Waals surface area contributed by atoms with Gasteiger partial charge in [0.1, 0.15) is 6.29 Å². The summed E-state index contributed by atoms with van der Waals surface area (Å²) in [6, 6.07) is 20.0. The molecule has 0 atom stereocenters. The highest BCUT2D eigenvalue weighted by Gasteiger charge is 2.12. The number of rotatable bonds is 5. The zero-order valence-corrected chi connectivity index (χ0v) is 14.7. The Balaban J connectivity index is 0.000000758. The van der Waals surface area contributed by atoms with Gasteiger partial charge in [-0.2, -0.15) is 0 Å². The van der Waals surface area contributed by atoms with Crippen molar-refractivity contribution in [3.8, 4) is 22.5 Å². The molecule has 0 aliphatic carbocycles. The molecule has 3 rings (SSSR count). The Morgan fingerprint density at radius 3 is 1.88 bits per heavy atom. The van der Waals surface area contributed by atoms with E-state index in [0.717, 1.165) is 28.8 Å². The smallest absolute Gasteiger partial charge is 0.269 e. The van der Waals surface area contributed by atoms with Crippen molar-refractivity contribution in [3.05, 3.63) is 76.8 Å². The maximum absolute atomic E-state index is 11.1. The number of aldehydes is 1. The molecule has 0 spiro atoms. The number of hydrogen-bond acceptors (Lipinski definition) is 4. The molecular weight excluding hydrogens is 332 g/mol. The Labute approximate surface area is 151 Å². The monoisotopic (exact) mass is 352 g/mol. The van der Waals surface area contributed by atoms with Crippen LogP contribution in [0.2, 0.25) is 0 Å². The second-order valence-corrected chi connectivity index (χ2v) is 5.46. The molecule has 2 aromatic carbocycles. The van der Waals surface area contributed by atoms with Gasteiger partial charge in [-0.05, 0) is 35.4 Å². The first kappa shape index (κ1) is 19.1. The van der Waals surface area contributed by atoms with Crippen molar-refractivity contribution in [2.24, 2.45) is 0 Å². The molecule has 134 valence electrons. The third-order valence-electron chi connectivity index (χ3n) is 3.68. The van der Waals surface area contributed by atoms with Gasteiger partial charge in [-0.15, -0.1) is 0 Å². The van der Waals surface area contributed by atoms with E-state index in [1.807, 2.05) is 47.0 Å². The highest BCUT2D eigenvalue weighted by molar-refractivity contribution is 5.72. The Morgan fingerprint density at radius 1 is 0.923 bits per heavy atom. The van der Waals surface area contributed by atoms with Crippen LogP contribution in [0.1, 0.15) is 0 Å². The number of aromatic nitrogens is 1. The molecule has 0 N–H and O–H groups in total. The zero-order valence-electron chi connectivity index (χ0n) is 14.7. The second kappa shape index (κ2) is 9.29.